The summed E-state index contributed by atoms with van der Waals surface area (Å²) in [6.07, 6.45) is 5.46. The van der Waals surface area contributed by atoms with Crippen LogP contribution < -0.4 is 10.6 Å². The molecular formula is C24H32N2O. The van der Waals surface area contributed by atoms with E-state index in [1.807, 2.05) is 38.1 Å². The van der Waals surface area contributed by atoms with Crippen LogP contribution in [0.15, 0.2) is 73.8 Å². The average Bonchev–Trinajstić information content (AvgIpc) is 2.68. The van der Waals surface area contributed by atoms with Crippen molar-refractivity contribution >= 4 is 11.4 Å². The van der Waals surface area contributed by atoms with Crippen LogP contribution in [0, 0.1) is 0 Å². The molecule has 2 unspecified atom stereocenters. The predicted molar refractivity (Wildman–Crippen MR) is 117 cm³/mol. The van der Waals surface area contributed by atoms with E-state index in [0.717, 1.165) is 24.2 Å². The van der Waals surface area contributed by atoms with Crippen LogP contribution >= 0.6 is 0 Å². The fourth-order valence-corrected chi connectivity index (χ4v) is 3.11. The first-order valence-electron chi connectivity index (χ1n) is 9.58. The number of hydrogen-bond donors (Lipinski definition) is 2. The number of rotatable bonds is 10. The molecule has 2 atom stereocenters. The van der Waals surface area contributed by atoms with Crippen LogP contribution in [0.1, 0.15) is 38.8 Å². The predicted octanol–water partition coefficient (Wildman–Crippen LogP) is 6.16. The van der Waals surface area contributed by atoms with Crippen LogP contribution in [-0.4, -0.2) is 11.4 Å². The average molecular weight is 365 g/mol. The molecular weight excluding hydrogens is 332 g/mol. The zero-order chi connectivity index (χ0) is 19.9. The molecule has 2 aromatic rings. The molecule has 27 heavy (non-hydrogen) atoms. The van der Waals surface area contributed by atoms with Crippen molar-refractivity contribution in [1.82, 2.24) is 0 Å². The minimum Gasteiger partial charge on any atom is -0.354 e. The van der Waals surface area contributed by atoms with Crippen molar-refractivity contribution < 1.29 is 4.74 Å². The second kappa shape index (κ2) is 8.92. The van der Waals surface area contributed by atoms with Crippen LogP contribution in [0.4, 0.5) is 11.4 Å². The molecule has 0 saturated heterocycles. The summed E-state index contributed by atoms with van der Waals surface area (Å²) in [5.41, 5.74) is 3.01. The molecule has 2 N–H and O–H groups in total. The SMILES string of the molecule is C=CC(C)(Nc1ccccc1CC)OC(C)(C=C)Nc1ccccc1CC. The largest absolute Gasteiger partial charge is 0.354 e. The molecule has 2 aromatic carbocycles. The molecule has 0 saturated carbocycles. The van der Waals surface area contributed by atoms with Crippen molar-refractivity contribution in [3.63, 3.8) is 0 Å². The Balaban J connectivity index is 2.27. The van der Waals surface area contributed by atoms with E-state index in [4.69, 9.17) is 4.74 Å². The highest BCUT2D eigenvalue weighted by molar-refractivity contribution is 5.54. The van der Waals surface area contributed by atoms with Gasteiger partial charge in [0.1, 0.15) is 0 Å². The second-order valence-corrected chi connectivity index (χ2v) is 7.00. The van der Waals surface area contributed by atoms with Gasteiger partial charge in [0, 0.05) is 11.4 Å². The summed E-state index contributed by atoms with van der Waals surface area (Å²) in [6.45, 7) is 16.2. The maximum atomic E-state index is 6.47. The number of hydrogen-bond acceptors (Lipinski definition) is 3. The zero-order valence-corrected chi connectivity index (χ0v) is 17.0. The highest BCUT2D eigenvalue weighted by Gasteiger charge is 2.32. The minimum atomic E-state index is -0.775. The van der Waals surface area contributed by atoms with Crippen LogP contribution in [0.2, 0.25) is 0 Å². The van der Waals surface area contributed by atoms with E-state index in [0.29, 0.717) is 0 Å². The Hall–Kier alpha value is -2.52. The van der Waals surface area contributed by atoms with E-state index in [2.05, 4.69) is 61.9 Å². The molecule has 2 rings (SSSR count). The Morgan fingerprint density at radius 3 is 1.48 bits per heavy atom. The number of benzene rings is 2. The molecule has 0 amide bonds. The molecule has 0 spiro atoms. The molecule has 0 aliphatic carbocycles. The van der Waals surface area contributed by atoms with Gasteiger partial charge in [0.2, 0.25) is 0 Å². The highest BCUT2D eigenvalue weighted by atomic mass is 16.5. The van der Waals surface area contributed by atoms with Gasteiger partial charge in [0.25, 0.3) is 0 Å². The van der Waals surface area contributed by atoms with Crippen molar-refractivity contribution in [3.05, 3.63) is 85.0 Å². The molecule has 0 aliphatic rings. The van der Waals surface area contributed by atoms with Gasteiger partial charge in [0.05, 0.1) is 0 Å². The van der Waals surface area contributed by atoms with E-state index in [1.165, 1.54) is 11.1 Å². The molecule has 144 valence electrons. The molecule has 0 radical (unpaired) electrons. The zero-order valence-electron chi connectivity index (χ0n) is 17.0. The van der Waals surface area contributed by atoms with E-state index < -0.39 is 11.4 Å². The Morgan fingerprint density at radius 1 is 0.778 bits per heavy atom. The molecule has 0 aliphatic heterocycles. The molecule has 3 nitrogen and oxygen atoms in total. The van der Waals surface area contributed by atoms with Crippen LogP contribution in [0.25, 0.3) is 0 Å². The fraction of sp³-hybridized carbons (Fsp3) is 0.333. The first kappa shape index (κ1) is 20.8. The normalized spacial score (nSPS) is 15.3. The Labute approximate surface area is 164 Å². The Bertz CT molecular complexity index is 720. The first-order chi connectivity index (χ1) is 12.9. The van der Waals surface area contributed by atoms with Gasteiger partial charge in [-0.25, -0.2) is 0 Å². The summed E-state index contributed by atoms with van der Waals surface area (Å²) in [4.78, 5) is 0. The van der Waals surface area contributed by atoms with Crippen molar-refractivity contribution in [2.45, 2.75) is 52.0 Å². The second-order valence-electron chi connectivity index (χ2n) is 7.00. The van der Waals surface area contributed by atoms with Crippen molar-refractivity contribution in [2.24, 2.45) is 0 Å². The van der Waals surface area contributed by atoms with E-state index in [-0.39, 0.29) is 0 Å². The summed E-state index contributed by atoms with van der Waals surface area (Å²) in [7, 11) is 0. The lowest BCUT2D eigenvalue weighted by Crippen LogP contribution is -2.48. The standard InChI is InChI=1S/C24H32N2O/c1-7-19-15-11-13-17-21(19)25-23(5,9-3)27-24(6,10-4)26-22-18-14-12-16-20(22)8-2/h9-18,25-26H,3-4,7-8H2,1-2,5-6H3. The van der Waals surface area contributed by atoms with E-state index in [9.17, 15) is 0 Å². The quantitative estimate of drug-likeness (QED) is 0.391. The number of nitrogens with one attached hydrogen (secondary N) is 2. The van der Waals surface area contributed by atoms with E-state index in [1.54, 1.807) is 12.2 Å². The third-order valence-corrected chi connectivity index (χ3v) is 4.77. The third-order valence-electron chi connectivity index (χ3n) is 4.77. The smallest absolute Gasteiger partial charge is 0.158 e. The minimum absolute atomic E-state index is 0.775. The van der Waals surface area contributed by atoms with Gasteiger partial charge in [-0.05, 0) is 62.1 Å². The molecule has 0 bridgehead atoms. The number of anilines is 2. The summed E-state index contributed by atoms with van der Waals surface area (Å²) in [5, 5.41) is 7.00. The van der Waals surface area contributed by atoms with Gasteiger partial charge < -0.3 is 15.4 Å². The summed E-state index contributed by atoms with van der Waals surface area (Å²) in [5.74, 6) is 0. The Kier molecular flexibility index (Phi) is 6.86. The maximum absolute atomic E-state index is 6.47. The molecule has 0 fully saturated rings. The molecule has 3 heteroatoms. The lowest BCUT2D eigenvalue weighted by molar-refractivity contribution is -0.0572. The van der Waals surface area contributed by atoms with Crippen molar-refractivity contribution in [3.8, 4) is 0 Å². The van der Waals surface area contributed by atoms with Crippen LogP contribution in [-0.2, 0) is 17.6 Å². The summed E-state index contributed by atoms with van der Waals surface area (Å²) >= 11 is 0. The summed E-state index contributed by atoms with van der Waals surface area (Å²) < 4.78 is 6.47. The van der Waals surface area contributed by atoms with Crippen molar-refractivity contribution in [1.29, 1.82) is 0 Å². The topological polar surface area (TPSA) is 33.3 Å². The van der Waals surface area contributed by atoms with Gasteiger partial charge in [-0.2, -0.15) is 0 Å². The fourth-order valence-electron chi connectivity index (χ4n) is 3.11. The highest BCUT2D eigenvalue weighted by Crippen LogP contribution is 2.29. The Morgan fingerprint density at radius 2 is 1.15 bits per heavy atom. The maximum Gasteiger partial charge on any atom is 0.158 e. The number of ether oxygens (including phenoxy) is 1. The molecule has 0 heterocycles. The van der Waals surface area contributed by atoms with Gasteiger partial charge in [-0.1, -0.05) is 63.4 Å². The van der Waals surface area contributed by atoms with Crippen LogP contribution in [0.5, 0.6) is 0 Å². The number of aryl methyl sites for hydroxylation is 2. The van der Waals surface area contributed by atoms with Crippen LogP contribution in [0.3, 0.4) is 0 Å². The van der Waals surface area contributed by atoms with Gasteiger partial charge >= 0.3 is 0 Å². The monoisotopic (exact) mass is 364 g/mol. The number of para-hydroxylation sites is 2. The van der Waals surface area contributed by atoms with Gasteiger partial charge in [-0.3, -0.25) is 0 Å². The van der Waals surface area contributed by atoms with E-state index >= 15 is 0 Å². The lowest BCUT2D eigenvalue weighted by atomic mass is 10.1. The molecule has 0 aromatic heterocycles. The van der Waals surface area contributed by atoms with Crippen molar-refractivity contribution in [2.75, 3.05) is 10.6 Å². The summed E-state index contributed by atoms with van der Waals surface area (Å²) in [6, 6.07) is 16.5. The lowest BCUT2D eigenvalue weighted by Gasteiger charge is -2.39. The van der Waals surface area contributed by atoms with Gasteiger partial charge in [-0.15, -0.1) is 0 Å². The van der Waals surface area contributed by atoms with Gasteiger partial charge in [0.15, 0.2) is 11.4 Å². The first-order valence-corrected chi connectivity index (χ1v) is 9.58. The third kappa shape index (κ3) is 5.24.